The highest BCUT2D eigenvalue weighted by atomic mass is 14.9. The molecule has 60 valence electrons. The van der Waals surface area contributed by atoms with Crippen molar-refractivity contribution in [3.63, 3.8) is 0 Å². The van der Waals surface area contributed by atoms with Gasteiger partial charge in [0, 0.05) is 12.2 Å². The zero-order valence-corrected chi connectivity index (χ0v) is 6.96. The van der Waals surface area contributed by atoms with Crippen LogP contribution in [-0.4, -0.2) is 9.97 Å². The van der Waals surface area contributed by atoms with Crippen LogP contribution in [0.1, 0.15) is 24.1 Å². The fourth-order valence-electron chi connectivity index (χ4n) is 0.983. The van der Waals surface area contributed by atoms with Crippen LogP contribution >= 0.6 is 0 Å². The lowest BCUT2D eigenvalue weighted by Gasteiger charge is -2.00. The summed E-state index contributed by atoms with van der Waals surface area (Å²) < 4.78 is 0. The molecule has 0 aliphatic heterocycles. The molecule has 0 amide bonds. The first-order valence-corrected chi connectivity index (χ1v) is 3.79. The Labute approximate surface area is 66.7 Å². The molecule has 3 nitrogen and oxygen atoms in total. The van der Waals surface area contributed by atoms with Crippen LogP contribution in [0.25, 0.3) is 0 Å². The summed E-state index contributed by atoms with van der Waals surface area (Å²) in [6.07, 6.45) is 0.941. The lowest BCUT2D eigenvalue weighted by molar-refractivity contribution is 0.881. The highest BCUT2D eigenvalue weighted by Gasteiger charge is 1.97. The molecule has 0 aliphatic carbocycles. The lowest BCUT2D eigenvalue weighted by atomic mass is 10.2. The molecule has 11 heavy (non-hydrogen) atoms. The molecule has 1 heterocycles. The summed E-state index contributed by atoms with van der Waals surface area (Å²) in [4.78, 5) is 8.40. The second-order valence-corrected chi connectivity index (χ2v) is 2.46. The van der Waals surface area contributed by atoms with E-state index in [4.69, 9.17) is 5.73 Å². The number of hydrogen-bond donors (Lipinski definition) is 1. The van der Waals surface area contributed by atoms with Gasteiger partial charge in [0.05, 0.1) is 5.69 Å². The van der Waals surface area contributed by atoms with Gasteiger partial charge in [0.1, 0.15) is 5.82 Å². The van der Waals surface area contributed by atoms with Gasteiger partial charge < -0.3 is 5.73 Å². The van der Waals surface area contributed by atoms with Crippen molar-refractivity contribution in [2.45, 2.75) is 26.8 Å². The topological polar surface area (TPSA) is 51.8 Å². The van der Waals surface area contributed by atoms with E-state index in [0.29, 0.717) is 6.54 Å². The zero-order chi connectivity index (χ0) is 8.27. The van der Waals surface area contributed by atoms with E-state index < -0.39 is 0 Å². The molecule has 1 aromatic heterocycles. The Kier molecular flexibility index (Phi) is 2.54. The van der Waals surface area contributed by atoms with Gasteiger partial charge in [-0.3, -0.25) is 0 Å². The number of aryl methyl sites for hydroxylation is 2. The van der Waals surface area contributed by atoms with Crippen LogP contribution in [0, 0.1) is 6.92 Å². The van der Waals surface area contributed by atoms with E-state index in [-0.39, 0.29) is 0 Å². The smallest absolute Gasteiger partial charge is 0.125 e. The van der Waals surface area contributed by atoms with Crippen molar-refractivity contribution in [3.05, 3.63) is 23.3 Å². The summed E-state index contributed by atoms with van der Waals surface area (Å²) in [6.45, 7) is 4.46. The van der Waals surface area contributed by atoms with E-state index >= 15 is 0 Å². The molecule has 0 aliphatic rings. The predicted octanol–water partition coefficient (Wildman–Crippen LogP) is 0.806. The standard InChI is InChI=1S/C8H13N3/c1-3-7-4-8(5-9)11-6(2)10-7/h4H,3,5,9H2,1-2H3. The number of rotatable bonds is 2. The molecule has 1 rings (SSSR count). The van der Waals surface area contributed by atoms with Crippen LogP contribution in [0.5, 0.6) is 0 Å². The first kappa shape index (κ1) is 8.14. The van der Waals surface area contributed by atoms with Gasteiger partial charge in [-0.05, 0) is 19.4 Å². The molecule has 3 heteroatoms. The fraction of sp³-hybridized carbons (Fsp3) is 0.500. The molecule has 1 aromatic rings. The first-order valence-electron chi connectivity index (χ1n) is 3.79. The van der Waals surface area contributed by atoms with Crippen molar-refractivity contribution in [1.29, 1.82) is 0 Å². The largest absolute Gasteiger partial charge is 0.325 e. The van der Waals surface area contributed by atoms with Crippen molar-refractivity contribution in [3.8, 4) is 0 Å². The van der Waals surface area contributed by atoms with Gasteiger partial charge in [-0.15, -0.1) is 0 Å². The van der Waals surface area contributed by atoms with Gasteiger partial charge in [-0.25, -0.2) is 9.97 Å². The number of nitrogens with two attached hydrogens (primary N) is 1. The molecule has 2 N–H and O–H groups in total. The molecule has 0 spiro atoms. The molecular weight excluding hydrogens is 138 g/mol. The average Bonchev–Trinajstić information content (AvgIpc) is 2.03. The maximum Gasteiger partial charge on any atom is 0.125 e. The Morgan fingerprint density at radius 2 is 2.00 bits per heavy atom. The summed E-state index contributed by atoms with van der Waals surface area (Å²) in [5.74, 6) is 0.810. The molecule has 0 saturated carbocycles. The maximum atomic E-state index is 5.45. The SMILES string of the molecule is CCc1cc(CN)nc(C)n1. The van der Waals surface area contributed by atoms with E-state index in [9.17, 15) is 0 Å². The fourth-order valence-corrected chi connectivity index (χ4v) is 0.983. The minimum atomic E-state index is 0.496. The van der Waals surface area contributed by atoms with E-state index in [1.165, 1.54) is 0 Å². The average molecular weight is 151 g/mol. The van der Waals surface area contributed by atoms with Gasteiger partial charge >= 0.3 is 0 Å². The third-order valence-corrected chi connectivity index (χ3v) is 1.52. The molecule has 0 radical (unpaired) electrons. The summed E-state index contributed by atoms with van der Waals surface area (Å²) in [7, 11) is 0. The molecule has 0 fully saturated rings. The van der Waals surface area contributed by atoms with Crippen LogP contribution < -0.4 is 5.73 Å². The Hall–Kier alpha value is -0.960. The van der Waals surface area contributed by atoms with Gasteiger partial charge in [0.15, 0.2) is 0 Å². The van der Waals surface area contributed by atoms with E-state index in [0.717, 1.165) is 23.6 Å². The van der Waals surface area contributed by atoms with Crippen molar-refractivity contribution in [1.82, 2.24) is 9.97 Å². The molecule has 0 saturated heterocycles. The van der Waals surface area contributed by atoms with Crippen molar-refractivity contribution < 1.29 is 0 Å². The first-order chi connectivity index (χ1) is 5.26. The van der Waals surface area contributed by atoms with Crippen LogP contribution in [0.3, 0.4) is 0 Å². The van der Waals surface area contributed by atoms with Crippen LogP contribution in [0.2, 0.25) is 0 Å². The van der Waals surface area contributed by atoms with Crippen molar-refractivity contribution >= 4 is 0 Å². The summed E-state index contributed by atoms with van der Waals surface area (Å²) >= 11 is 0. The van der Waals surface area contributed by atoms with Crippen molar-refractivity contribution in [2.75, 3.05) is 0 Å². The quantitative estimate of drug-likeness (QED) is 0.680. The third-order valence-electron chi connectivity index (χ3n) is 1.52. The van der Waals surface area contributed by atoms with Crippen molar-refractivity contribution in [2.24, 2.45) is 5.73 Å². The van der Waals surface area contributed by atoms with Crippen LogP contribution in [0.15, 0.2) is 6.07 Å². The Balaban J connectivity index is 3.02. The summed E-state index contributed by atoms with van der Waals surface area (Å²) in [6, 6.07) is 1.95. The third kappa shape index (κ3) is 1.98. The Bertz CT molecular complexity index is 223. The monoisotopic (exact) mass is 151 g/mol. The molecule has 0 aromatic carbocycles. The molecular formula is C8H13N3. The van der Waals surface area contributed by atoms with E-state index in [1.807, 2.05) is 13.0 Å². The van der Waals surface area contributed by atoms with Crippen LogP contribution in [-0.2, 0) is 13.0 Å². The molecule has 0 atom stereocenters. The Morgan fingerprint density at radius 1 is 1.36 bits per heavy atom. The summed E-state index contributed by atoms with van der Waals surface area (Å²) in [5.41, 5.74) is 7.44. The number of aromatic nitrogens is 2. The highest BCUT2D eigenvalue weighted by Crippen LogP contribution is 2.00. The Morgan fingerprint density at radius 3 is 2.55 bits per heavy atom. The van der Waals surface area contributed by atoms with Crippen LogP contribution in [0.4, 0.5) is 0 Å². The van der Waals surface area contributed by atoms with E-state index in [1.54, 1.807) is 0 Å². The second-order valence-electron chi connectivity index (χ2n) is 2.46. The van der Waals surface area contributed by atoms with Gasteiger partial charge in [0.2, 0.25) is 0 Å². The maximum absolute atomic E-state index is 5.45. The van der Waals surface area contributed by atoms with E-state index in [2.05, 4.69) is 16.9 Å². The molecule has 0 bridgehead atoms. The minimum absolute atomic E-state index is 0.496. The lowest BCUT2D eigenvalue weighted by Crippen LogP contribution is -2.04. The van der Waals surface area contributed by atoms with Gasteiger partial charge in [0.25, 0.3) is 0 Å². The van der Waals surface area contributed by atoms with Gasteiger partial charge in [-0.2, -0.15) is 0 Å². The number of hydrogen-bond acceptors (Lipinski definition) is 3. The minimum Gasteiger partial charge on any atom is -0.325 e. The number of nitrogens with zero attached hydrogens (tertiary/aromatic N) is 2. The normalized spacial score (nSPS) is 10.1. The zero-order valence-electron chi connectivity index (χ0n) is 6.96. The highest BCUT2D eigenvalue weighted by molar-refractivity contribution is 5.10. The summed E-state index contributed by atoms with van der Waals surface area (Å²) in [5, 5.41) is 0. The predicted molar refractivity (Wildman–Crippen MR) is 44.0 cm³/mol. The van der Waals surface area contributed by atoms with Gasteiger partial charge in [-0.1, -0.05) is 6.92 Å². The second kappa shape index (κ2) is 3.44. The molecule has 0 unspecified atom stereocenters.